The fraction of sp³-hybridized carbons (Fsp3) is 0.0667. The Balaban J connectivity index is 1.75. The Hall–Kier alpha value is -2.67. The number of H-pyrrole nitrogens is 1. The second-order valence-electron chi connectivity index (χ2n) is 4.71. The van der Waals surface area contributed by atoms with Crippen LogP contribution >= 0.6 is 11.8 Å². The number of benzene rings is 1. The maximum atomic E-state index is 12.1. The molecule has 1 aliphatic rings. The number of carbonyl (C=O) groups is 1. The van der Waals surface area contributed by atoms with Crippen LogP contribution < -0.4 is 4.90 Å². The Morgan fingerprint density at radius 2 is 2.18 bits per heavy atom. The number of carbonyl (C=O) groups excluding carboxylic acids is 1. The van der Waals surface area contributed by atoms with Crippen LogP contribution in [0.15, 0.2) is 53.9 Å². The van der Waals surface area contributed by atoms with Crippen molar-refractivity contribution in [2.45, 2.75) is 0 Å². The molecule has 0 atom stereocenters. The van der Waals surface area contributed by atoms with Gasteiger partial charge in [-0.05, 0) is 12.1 Å². The number of thioether (sulfide) groups is 1. The molecule has 0 saturated carbocycles. The lowest BCUT2D eigenvalue weighted by Crippen LogP contribution is -2.28. The molecule has 1 fully saturated rings. The molecule has 1 amide bonds. The molecule has 3 heterocycles. The van der Waals surface area contributed by atoms with Gasteiger partial charge in [0.05, 0.1) is 17.0 Å². The van der Waals surface area contributed by atoms with E-state index in [1.807, 2.05) is 30.3 Å². The maximum absolute atomic E-state index is 12.1. The van der Waals surface area contributed by atoms with Crippen LogP contribution in [0.3, 0.4) is 0 Å². The molecule has 4 rings (SSSR count). The fourth-order valence-corrected chi connectivity index (χ4v) is 3.12. The zero-order valence-electron chi connectivity index (χ0n) is 11.4. The van der Waals surface area contributed by atoms with Gasteiger partial charge in [0.1, 0.15) is 0 Å². The third kappa shape index (κ3) is 2.25. The average Bonchev–Trinajstić information content (AvgIpc) is 3.17. The molecule has 0 radical (unpaired) electrons. The molecule has 1 N–H and O–H groups in total. The van der Waals surface area contributed by atoms with Crippen LogP contribution in [-0.2, 0) is 4.79 Å². The van der Waals surface area contributed by atoms with E-state index >= 15 is 0 Å². The Morgan fingerprint density at radius 3 is 3.05 bits per heavy atom. The Morgan fingerprint density at radius 1 is 1.27 bits per heavy atom. The lowest BCUT2D eigenvalue weighted by atomic mass is 10.2. The number of aromatic amines is 1. The monoisotopic (exact) mass is 309 g/mol. The normalized spacial score (nSPS) is 16.8. The quantitative estimate of drug-likeness (QED) is 0.790. The van der Waals surface area contributed by atoms with Crippen molar-refractivity contribution in [1.82, 2.24) is 15.0 Å². The highest BCUT2D eigenvalue weighted by atomic mass is 32.2. The number of fused-ring (bicyclic) bond motifs is 1. The first-order valence-electron chi connectivity index (χ1n) is 6.70. The molecule has 1 aliphatic heterocycles. The molecule has 2 aromatic heterocycles. The first-order chi connectivity index (χ1) is 10.8. The van der Waals surface area contributed by atoms with E-state index in [4.69, 9.17) is 0 Å². The average molecular weight is 309 g/mol. The number of rotatable bonds is 2. The van der Waals surface area contributed by atoms with E-state index in [-0.39, 0.29) is 5.91 Å². The third-order valence-electron chi connectivity index (χ3n) is 3.28. The highest BCUT2D eigenvalue weighted by Gasteiger charge is 2.30. The van der Waals surface area contributed by atoms with Crippen LogP contribution in [-0.4, -0.2) is 31.8 Å². The molecule has 22 heavy (non-hydrogen) atoms. The van der Waals surface area contributed by atoms with E-state index in [0.717, 1.165) is 16.6 Å². The van der Waals surface area contributed by atoms with Crippen molar-refractivity contribution >= 4 is 45.4 Å². The highest BCUT2D eigenvalue weighted by molar-refractivity contribution is 8.15. The summed E-state index contributed by atoms with van der Waals surface area (Å²) < 4.78 is 0. The number of amidine groups is 1. The summed E-state index contributed by atoms with van der Waals surface area (Å²) in [4.78, 5) is 29.7. The van der Waals surface area contributed by atoms with E-state index in [1.165, 1.54) is 11.8 Å². The number of anilines is 1. The number of hydrogen-bond acceptors (Lipinski definition) is 5. The van der Waals surface area contributed by atoms with Crippen LogP contribution in [0.1, 0.15) is 0 Å². The number of para-hydroxylation sites is 1. The summed E-state index contributed by atoms with van der Waals surface area (Å²) in [7, 11) is 0. The fourth-order valence-electron chi connectivity index (χ4n) is 2.25. The molecule has 108 valence electrons. The second kappa shape index (κ2) is 5.27. The van der Waals surface area contributed by atoms with Gasteiger partial charge in [-0.1, -0.05) is 30.0 Å². The van der Waals surface area contributed by atoms with Gasteiger partial charge in [-0.3, -0.25) is 9.69 Å². The minimum Gasteiger partial charge on any atom is -0.366 e. The third-order valence-corrected chi connectivity index (χ3v) is 4.20. The number of aromatic nitrogens is 3. The number of nitrogens with one attached hydrogen (secondary N) is 1. The lowest BCUT2D eigenvalue weighted by Gasteiger charge is -2.13. The predicted molar refractivity (Wildman–Crippen MR) is 87.4 cm³/mol. The first-order valence-corrected chi connectivity index (χ1v) is 7.69. The van der Waals surface area contributed by atoms with E-state index in [0.29, 0.717) is 16.9 Å². The molecule has 1 saturated heterocycles. The minimum atomic E-state index is 0.00383. The van der Waals surface area contributed by atoms with E-state index in [2.05, 4.69) is 19.9 Å². The molecule has 0 spiro atoms. The topological polar surface area (TPSA) is 74.2 Å². The molecule has 6 nitrogen and oxygen atoms in total. The van der Waals surface area contributed by atoms with Crippen molar-refractivity contribution < 1.29 is 4.79 Å². The van der Waals surface area contributed by atoms with Gasteiger partial charge in [-0.25, -0.2) is 9.97 Å². The molecule has 0 bridgehead atoms. The molecular formula is C15H11N5OS. The predicted octanol–water partition coefficient (Wildman–Crippen LogP) is 2.73. The van der Waals surface area contributed by atoms with Gasteiger partial charge in [0.2, 0.25) is 5.91 Å². The summed E-state index contributed by atoms with van der Waals surface area (Å²) in [6.07, 6.45) is 5.28. The molecule has 7 heteroatoms. The summed E-state index contributed by atoms with van der Waals surface area (Å²) in [5, 5.41) is 1.56. The smallest absolute Gasteiger partial charge is 0.252 e. The van der Waals surface area contributed by atoms with Crippen molar-refractivity contribution in [3.63, 3.8) is 0 Å². The Labute approximate surface area is 130 Å². The molecule has 3 aromatic rings. The van der Waals surface area contributed by atoms with E-state index < -0.39 is 0 Å². The van der Waals surface area contributed by atoms with Crippen LogP contribution in [0.5, 0.6) is 0 Å². The lowest BCUT2D eigenvalue weighted by molar-refractivity contribution is -0.115. The van der Waals surface area contributed by atoms with Crippen molar-refractivity contribution in [2.24, 2.45) is 4.99 Å². The summed E-state index contributed by atoms with van der Waals surface area (Å²) in [5.74, 6) is 0.734. The van der Waals surface area contributed by atoms with Gasteiger partial charge in [-0.2, -0.15) is 4.99 Å². The summed E-state index contributed by atoms with van der Waals surface area (Å²) >= 11 is 1.39. The molecule has 0 unspecified atom stereocenters. The summed E-state index contributed by atoms with van der Waals surface area (Å²) in [6, 6.07) is 9.56. The van der Waals surface area contributed by atoms with Crippen LogP contribution in [0, 0.1) is 0 Å². The molecular weight excluding hydrogens is 298 g/mol. The zero-order chi connectivity index (χ0) is 14.9. The van der Waals surface area contributed by atoms with Crippen molar-refractivity contribution in [3.05, 3.63) is 48.9 Å². The van der Waals surface area contributed by atoms with Gasteiger partial charge in [0.15, 0.2) is 5.17 Å². The zero-order valence-corrected chi connectivity index (χ0v) is 12.2. The summed E-state index contributed by atoms with van der Waals surface area (Å²) in [5.41, 5.74) is 1.61. The number of aliphatic imine (C=N–C) groups is 1. The van der Waals surface area contributed by atoms with Gasteiger partial charge < -0.3 is 4.98 Å². The van der Waals surface area contributed by atoms with Crippen molar-refractivity contribution in [3.8, 4) is 0 Å². The van der Waals surface area contributed by atoms with Gasteiger partial charge >= 0.3 is 0 Å². The SMILES string of the molecule is O=C1CSC(=Nc2ncc3ccccc3n2)N1c1cc[nH]c1. The van der Waals surface area contributed by atoms with Gasteiger partial charge in [0.25, 0.3) is 5.95 Å². The summed E-state index contributed by atoms with van der Waals surface area (Å²) in [6.45, 7) is 0. The Kier molecular flexibility index (Phi) is 3.12. The van der Waals surface area contributed by atoms with Gasteiger partial charge in [-0.15, -0.1) is 0 Å². The molecule has 0 aliphatic carbocycles. The molecule has 1 aromatic carbocycles. The van der Waals surface area contributed by atoms with Crippen LogP contribution in [0.4, 0.5) is 11.6 Å². The minimum absolute atomic E-state index is 0.00383. The number of hydrogen-bond donors (Lipinski definition) is 1. The van der Waals surface area contributed by atoms with Crippen molar-refractivity contribution in [1.29, 1.82) is 0 Å². The number of nitrogens with zero attached hydrogens (tertiary/aromatic N) is 4. The van der Waals surface area contributed by atoms with Crippen molar-refractivity contribution in [2.75, 3.05) is 10.7 Å². The first kappa shape index (κ1) is 13.0. The standard InChI is InChI=1S/C15H11N5OS/c21-13-9-22-15(20(13)11-5-6-16-8-11)19-14-17-7-10-3-1-2-4-12(10)18-14/h1-8,16H,9H2. The largest absolute Gasteiger partial charge is 0.366 e. The maximum Gasteiger partial charge on any atom is 0.252 e. The van der Waals surface area contributed by atoms with Crippen LogP contribution in [0.2, 0.25) is 0 Å². The Bertz CT molecular complexity index is 875. The van der Waals surface area contributed by atoms with E-state index in [9.17, 15) is 4.79 Å². The van der Waals surface area contributed by atoms with Gasteiger partial charge in [0, 0.05) is 24.0 Å². The second-order valence-corrected chi connectivity index (χ2v) is 5.65. The number of amides is 1. The van der Waals surface area contributed by atoms with E-state index in [1.54, 1.807) is 23.5 Å². The van der Waals surface area contributed by atoms with Crippen LogP contribution in [0.25, 0.3) is 10.9 Å². The highest BCUT2D eigenvalue weighted by Crippen LogP contribution is 2.28.